The fraction of sp³-hybridized carbons (Fsp3) is 0.0800. The third-order valence-electron chi connectivity index (χ3n) is 4.49. The largest absolute Gasteiger partial charge is 0.495 e. The van der Waals surface area contributed by atoms with Crippen molar-refractivity contribution in [2.75, 3.05) is 17.7 Å². The summed E-state index contributed by atoms with van der Waals surface area (Å²) in [5, 5.41) is 13.9. The van der Waals surface area contributed by atoms with Crippen molar-refractivity contribution in [3.05, 3.63) is 95.5 Å². The summed E-state index contributed by atoms with van der Waals surface area (Å²) in [5.41, 5.74) is 1.80. The summed E-state index contributed by atoms with van der Waals surface area (Å²) in [5.74, 6) is -1.53. The van der Waals surface area contributed by atoms with Crippen molar-refractivity contribution in [1.82, 2.24) is 0 Å². The molecule has 34 heavy (non-hydrogen) atoms. The van der Waals surface area contributed by atoms with Gasteiger partial charge in [-0.1, -0.05) is 48.0 Å². The van der Waals surface area contributed by atoms with Gasteiger partial charge in [0.05, 0.1) is 12.1 Å². The Bertz CT molecular complexity index is 1220. The Labute approximate surface area is 205 Å². The molecule has 0 radical (unpaired) electrons. The molecule has 3 rings (SSSR count). The van der Waals surface area contributed by atoms with E-state index in [9.17, 15) is 14.4 Å². The summed E-state index contributed by atoms with van der Waals surface area (Å²) in [4.78, 5) is 36.5. The van der Waals surface area contributed by atoms with Crippen LogP contribution in [0.5, 0.6) is 5.75 Å². The van der Waals surface area contributed by atoms with E-state index < -0.39 is 17.1 Å². The van der Waals surface area contributed by atoms with Gasteiger partial charge in [-0.15, -0.1) is 11.8 Å². The smallest absolute Gasteiger partial charge is 0.328 e. The van der Waals surface area contributed by atoms with Gasteiger partial charge >= 0.3 is 5.97 Å². The number of halogens is 1. The predicted molar refractivity (Wildman–Crippen MR) is 134 cm³/mol. The number of nitrogens with one attached hydrogen (secondary N) is 2. The van der Waals surface area contributed by atoms with Crippen LogP contribution in [0.4, 0.5) is 11.4 Å². The molecular formula is C25H21ClN2O5S. The molecule has 0 fully saturated rings. The SMILES string of the molecule is COc1ccc(NC(=O)C(Sc2cccc(NC(=O)/C=C/C(=O)O)c2)c2ccccc2)cc1Cl. The van der Waals surface area contributed by atoms with Crippen LogP contribution in [-0.2, 0) is 14.4 Å². The lowest BCUT2D eigenvalue weighted by Gasteiger charge is -2.18. The van der Waals surface area contributed by atoms with E-state index in [1.165, 1.54) is 18.9 Å². The molecule has 2 amide bonds. The van der Waals surface area contributed by atoms with E-state index in [0.717, 1.165) is 22.6 Å². The maximum absolute atomic E-state index is 13.3. The molecule has 174 valence electrons. The number of carbonyl (C=O) groups is 3. The third-order valence-corrected chi connectivity index (χ3v) is 6.04. The number of carboxylic acids is 1. The third kappa shape index (κ3) is 7.13. The van der Waals surface area contributed by atoms with Crippen LogP contribution in [0.15, 0.2) is 89.8 Å². The number of amides is 2. The normalized spacial score (nSPS) is 11.6. The van der Waals surface area contributed by atoms with Gasteiger partial charge in [-0.3, -0.25) is 9.59 Å². The number of rotatable bonds is 9. The van der Waals surface area contributed by atoms with E-state index in [2.05, 4.69) is 10.6 Å². The van der Waals surface area contributed by atoms with E-state index in [-0.39, 0.29) is 5.91 Å². The van der Waals surface area contributed by atoms with Crippen LogP contribution in [-0.4, -0.2) is 30.0 Å². The molecule has 0 saturated heterocycles. The molecule has 0 saturated carbocycles. The average Bonchev–Trinajstić information content (AvgIpc) is 2.82. The Morgan fingerprint density at radius 1 is 0.941 bits per heavy atom. The van der Waals surface area contributed by atoms with Crippen LogP contribution in [0.3, 0.4) is 0 Å². The molecule has 1 unspecified atom stereocenters. The standard InChI is InChI=1S/C25H21ClN2O5S/c1-33-21-11-10-18(15-20(21)26)28-25(32)24(16-6-3-2-4-7-16)34-19-9-5-8-17(14-19)27-22(29)12-13-23(30)31/h2-15,24H,1H3,(H,27,29)(H,28,32)(H,30,31)/b13-12+. The Morgan fingerprint density at radius 3 is 2.35 bits per heavy atom. The van der Waals surface area contributed by atoms with E-state index in [1.807, 2.05) is 36.4 Å². The van der Waals surface area contributed by atoms with Gasteiger partial charge in [0.25, 0.3) is 0 Å². The van der Waals surface area contributed by atoms with Gasteiger partial charge in [0.1, 0.15) is 11.0 Å². The van der Waals surface area contributed by atoms with Crippen molar-refractivity contribution >= 4 is 52.5 Å². The van der Waals surface area contributed by atoms with Gasteiger partial charge in [0.2, 0.25) is 11.8 Å². The van der Waals surface area contributed by atoms with Crippen LogP contribution in [0.25, 0.3) is 0 Å². The molecule has 3 aromatic carbocycles. The number of hydrogen-bond acceptors (Lipinski definition) is 5. The Hall–Kier alpha value is -3.75. The summed E-state index contributed by atoms with van der Waals surface area (Å²) in [7, 11) is 1.51. The molecule has 3 N–H and O–H groups in total. The molecule has 9 heteroatoms. The fourth-order valence-electron chi connectivity index (χ4n) is 2.97. The van der Waals surface area contributed by atoms with Gasteiger partial charge in [-0.25, -0.2) is 4.79 Å². The number of anilines is 2. The molecule has 7 nitrogen and oxygen atoms in total. The quantitative estimate of drug-likeness (QED) is 0.270. The van der Waals surface area contributed by atoms with Gasteiger partial charge in [0.15, 0.2) is 0 Å². The number of thioether (sulfide) groups is 1. The van der Waals surface area contributed by atoms with E-state index in [1.54, 1.807) is 36.4 Å². The van der Waals surface area contributed by atoms with Crippen LogP contribution < -0.4 is 15.4 Å². The highest BCUT2D eigenvalue weighted by Gasteiger charge is 2.22. The lowest BCUT2D eigenvalue weighted by atomic mass is 10.1. The molecule has 0 aromatic heterocycles. The van der Waals surface area contributed by atoms with E-state index >= 15 is 0 Å². The molecule has 3 aromatic rings. The molecule has 0 spiro atoms. The minimum Gasteiger partial charge on any atom is -0.495 e. The first-order chi connectivity index (χ1) is 16.4. The second kappa shape index (κ2) is 11.9. The topological polar surface area (TPSA) is 105 Å². The zero-order chi connectivity index (χ0) is 24.5. The van der Waals surface area contributed by atoms with Gasteiger partial charge in [-0.2, -0.15) is 0 Å². The van der Waals surface area contributed by atoms with Crippen LogP contribution in [0, 0.1) is 0 Å². The van der Waals surface area contributed by atoms with Crippen molar-refractivity contribution in [2.45, 2.75) is 10.1 Å². The number of ether oxygens (including phenoxy) is 1. The molecule has 0 aliphatic heterocycles. The fourth-order valence-corrected chi connectivity index (χ4v) is 4.31. The van der Waals surface area contributed by atoms with Gasteiger partial charge in [0, 0.05) is 28.4 Å². The predicted octanol–water partition coefficient (Wildman–Crippen LogP) is 5.40. The first-order valence-electron chi connectivity index (χ1n) is 10.0. The lowest BCUT2D eigenvalue weighted by Crippen LogP contribution is -2.19. The van der Waals surface area contributed by atoms with Crippen molar-refractivity contribution < 1.29 is 24.2 Å². The van der Waals surface area contributed by atoms with E-state index in [4.69, 9.17) is 21.4 Å². The van der Waals surface area contributed by atoms with Crippen LogP contribution in [0.2, 0.25) is 5.02 Å². The van der Waals surface area contributed by atoms with Crippen LogP contribution >= 0.6 is 23.4 Å². The number of carboxylic acid groups (broad SMARTS) is 1. The zero-order valence-electron chi connectivity index (χ0n) is 18.0. The van der Waals surface area contributed by atoms with Crippen LogP contribution in [0.1, 0.15) is 10.8 Å². The second-order valence-corrected chi connectivity index (χ2v) is 8.52. The number of methoxy groups -OCH3 is 1. The minimum absolute atomic E-state index is 0.253. The van der Waals surface area contributed by atoms with Crippen molar-refractivity contribution in [3.63, 3.8) is 0 Å². The first-order valence-corrected chi connectivity index (χ1v) is 11.3. The number of hydrogen-bond donors (Lipinski definition) is 3. The number of benzene rings is 3. The summed E-state index contributed by atoms with van der Waals surface area (Å²) < 4.78 is 5.15. The zero-order valence-corrected chi connectivity index (χ0v) is 19.6. The maximum Gasteiger partial charge on any atom is 0.328 e. The molecule has 1 atom stereocenters. The van der Waals surface area contributed by atoms with Crippen molar-refractivity contribution in [3.8, 4) is 5.75 Å². The Morgan fingerprint density at radius 2 is 1.68 bits per heavy atom. The minimum atomic E-state index is -1.21. The monoisotopic (exact) mass is 496 g/mol. The lowest BCUT2D eigenvalue weighted by molar-refractivity contribution is -0.131. The number of carbonyl (C=O) groups excluding carboxylic acids is 2. The number of aliphatic carboxylic acids is 1. The molecule has 0 heterocycles. The summed E-state index contributed by atoms with van der Waals surface area (Å²) in [6.45, 7) is 0. The van der Waals surface area contributed by atoms with Gasteiger partial charge in [-0.05, 0) is 42.0 Å². The average molecular weight is 497 g/mol. The Balaban J connectivity index is 1.81. The highest BCUT2D eigenvalue weighted by atomic mass is 35.5. The Kier molecular flexibility index (Phi) is 8.73. The first kappa shape index (κ1) is 24.9. The molecule has 0 aliphatic rings. The van der Waals surface area contributed by atoms with Crippen molar-refractivity contribution in [2.24, 2.45) is 0 Å². The molecular weight excluding hydrogens is 476 g/mol. The maximum atomic E-state index is 13.3. The summed E-state index contributed by atoms with van der Waals surface area (Å²) in [6, 6.07) is 21.2. The second-order valence-electron chi connectivity index (χ2n) is 6.94. The summed E-state index contributed by atoms with van der Waals surface area (Å²) >= 11 is 7.49. The molecule has 0 aliphatic carbocycles. The summed E-state index contributed by atoms with van der Waals surface area (Å²) in [6.07, 6.45) is 1.69. The van der Waals surface area contributed by atoms with E-state index in [0.29, 0.717) is 22.1 Å². The van der Waals surface area contributed by atoms with Gasteiger partial charge < -0.3 is 20.5 Å². The molecule has 0 bridgehead atoms. The van der Waals surface area contributed by atoms with Crippen molar-refractivity contribution in [1.29, 1.82) is 0 Å². The highest BCUT2D eigenvalue weighted by molar-refractivity contribution is 8.00. The highest BCUT2D eigenvalue weighted by Crippen LogP contribution is 2.37.